The minimum Gasteiger partial charge on any atom is -0.481 e. The second-order valence-electron chi connectivity index (χ2n) is 17.2. The third-order valence-corrected chi connectivity index (χ3v) is 13.5. The Morgan fingerprint density at radius 2 is 0.870 bits per heavy atom. The van der Waals surface area contributed by atoms with Gasteiger partial charge in [-0.1, -0.05) is 6.92 Å². The molecule has 5 aliphatic rings. The van der Waals surface area contributed by atoms with Crippen LogP contribution in [0.2, 0.25) is 0 Å². The summed E-state index contributed by atoms with van der Waals surface area (Å²) in [5, 5.41) is 18.5. The van der Waals surface area contributed by atoms with E-state index in [2.05, 4.69) is 0 Å². The molecule has 0 spiro atoms. The number of rotatable bonds is 15. The van der Waals surface area contributed by atoms with Crippen LogP contribution in [-0.2, 0) is 47.7 Å². The minimum atomic E-state index is -0.906. The van der Waals surface area contributed by atoms with Crippen molar-refractivity contribution in [3.8, 4) is 0 Å². The van der Waals surface area contributed by atoms with Crippen LogP contribution in [0.15, 0.2) is 0 Å². The second kappa shape index (κ2) is 19.3. The van der Waals surface area contributed by atoms with Crippen LogP contribution in [-0.4, -0.2) is 81.8 Å². The number of carboxylic acid groups (broad SMARTS) is 2. The van der Waals surface area contributed by atoms with Gasteiger partial charge in [0.25, 0.3) is 0 Å². The molecule has 5 aliphatic carbocycles. The second-order valence-corrected chi connectivity index (χ2v) is 17.2. The lowest BCUT2D eigenvalue weighted by molar-refractivity contribution is -0.167. The maximum absolute atomic E-state index is 13.5. The molecule has 2 unspecified atom stereocenters. The lowest BCUT2D eigenvalue weighted by atomic mass is 9.75. The predicted octanol–water partition coefficient (Wildman–Crippen LogP) is 7.01. The van der Waals surface area contributed by atoms with E-state index >= 15 is 0 Å². The third kappa shape index (κ3) is 11.1. The predicted molar refractivity (Wildman–Crippen MR) is 196 cm³/mol. The number of aliphatic carboxylic acids is 2. The van der Waals surface area contributed by atoms with E-state index in [1.807, 2.05) is 20.8 Å². The van der Waals surface area contributed by atoms with Crippen molar-refractivity contribution in [1.82, 2.24) is 0 Å². The summed E-state index contributed by atoms with van der Waals surface area (Å²) in [5.41, 5.74) is -0.906. The highest BCUT2D eigenvalue weighted by atomic mass is 16.6. The van der Waals surface area contributed by atoms with Crippen LogP contribution < -0.4 is 0 Å². The Balaban J connectivity index is 0.952. The van der Waals surface area contributed by atoms with Crippen molar-refractivity contribution in [2.45, 2.75) is 192 Å². The van der Waals surface area contributed by atoms with E-state index < -0.39 is 23.6 Å². The van der Waals surface area contributed by atoms with Crippen LogP contribution in [0.1, 0.15) is 156 Å². The normalized spacial score (nSPS) is 35.1. The van der Waals surface area contributed by atoms with Gasteiger partial charge in [0.2, 0.25) is 0 Å². The zero-order valence-corrected chi connectivity index (χ0v) is 32.7. The molecule has 2 N–H and O–H groups in total. The molecule has 12 heteroatoms. The number of carboxylic acids is 2. The van der Waals surface area contributed by atoms with Crippen molar-refractivity contribution in [2.24, 2.45) is 35.5 Å². The number of carbonyl (C=O) groups excluding carboxylic acids is 4. The van der Waals surface area contributed by atoms with Gasteiger partial charge < -0.3 is 29.2 Å². The van der Waals surface area contributed by atoms with Gasteiger partial charge in [0.1, 0.15) is 23.9 Å². The van der Waals surface area contributed by atoms with E-state index in [4.69, 9.17) is 18.9 Å². The zero-order valence-electron chi connectivity index (χ0n) is 32.7. The summed E-state index contributed by atoms with van der Waals surface area (Å²) in [6, 6.07) is 0. The molecule has 0 heterocycles. The molecular weight excluding hydrogens is 696 g/mol. The largest absolute Gasteiger partial charge is 0.481 e. The molecule has 0 saturated heterocycles. The maximum atomic E-state index is 13.5. The highest BCUT2D eigenvalue weighted by Crippen LogP contribution is 2.38. The third-order valence-electron chi connectivity index (χ3n) is 13.5. The highest BCUT2D eigenvalue weighted by Gasteiger charge is 2.43. The van der Waals surface area contributed by atoms with Gasteiger partial charge >= 0.3 is 23.9 Å². The topological polar surface area (TPSA) is 180 Å². The first-order valence-corrected chi connectivity index (χ1v) is 21.0. The number of Topliss-reactive ketones (excluding diaryl/α,β-unsaturated/α-hetero) is 2. The monoisotopic (exact) mass is 760 g/mol. The molecule has 2 atom stereocenters. The average Bonchev–Trinajstić information content (AvgIpc) is 3.18. The summed E-state index contributed by atoms with van der Waals surface area (Å²) in [6.45, 7) is 5.64. The number of ketones is 2. The number of esters is 2. The Bertz CT molecular complexity index is 1310. The minimum absolute atomic E-state index is 0.0709. The molecule has 0 radical (unpaired) electrons. The van der Waals surface area contributed by atoms with Gasteiger partial charge in [-0.3, -0.25) is 28.8 Å². The van der Waals surface area contributed by atoms with Gasteiger partial charge in [0.15, 0.2) is 11.6 Å². The van der Waals surface area contributed by atoms with E-state index in [0.717, 1.165) is 0 Å². The van der Waals surface area contributed by atoms with E-state index in [9.17, 15) is 39.0 Å². The van der Waals surface area contributed by atoms with Crippen LogP contribution in [0.5, 0.6) is 0 Å². The Morgan fingerprint density at radius 3 is 1.28 bits per heavy atom. The van der Waals surface area contributed by atoms with E-state index in [1.165, 1.54) is 0 Å². The van der Waals surface area contributed by atoms with Gasteiger partial charge in [0, 0.05) is 11.8 Å². The van der Waals surface area contributed by atoms with E-state index in [-0.39, 0.29) is 83.4 Å². The molecular formula is C42H64O12. The first-order chi connectivity index (χ1) is 25.8. The zero-order chi connectivity index (χ0) is 39.0. The first kappa shape index (κ1) is 42.3. The van der Waals surface area contributed by atoms with E-state index in [1.54, 1.807) is 0 Å². The van der Waals surface area contributed by atoms with Gasteiger partial charge in [-0.15, -0.1) is 0 Å². The molecule has 5 fully saturated rings. The van der Waals surface area contributed by atoms with Crippen LogP contribution in [0.25, 0.3) is 0 Å². The van der Waals surface area contributed by atoms with Gasteiger partial charge in [0.05, 0.1) is 35.9 Å². The summed E-state index contributed by atoms with van der Waals surface area (Å²) in [5.74, 6) is -3.30. The fourth-order valence-corrected chi connectivity index (χ4v) is 9.67. The van der Waals surface area contributed by atoms with Crippen LogP contribution in [0.4, 0.5) is 0 Å². The first-order valence-electron chi connectivity index (χ1n) is 21.0. The summed E-state index contributed by atoms with van der Waals surface area (Å²) in [4.78, 5) is 75.2. The molecule has 0 amide bonds. The molecule has 5 saturated carbocycles. The molecule has 5 rings (SSSR count). The Labute approximate surface area is 320 Å². The quantitative estimate of drug-likeness (QED) is 0.163. The lowest BCUT2D eigenvalue weighted by Crippen LogP contribution is -2.46. The molecule has 0 aliphatic heterocycles. The van der Waals surface area contributed by atoms with Crippen molar-refractivity contribution in [3.05, 3.63) is 0 Å². The summed E-state index contributed by atoms with van der Waals surface area (Å²) >= 11 is 0. The molecule has 12 nitrogen and oxygen atoms in total. The van der Waals surface area contributed by atoms with Crippen molar-refractivity contribution in [2.75, 3.05) is 0 Å². The van der Waals surface area contributed by atoms with Crippen LogP contribution in [0, 0.1) is 35.5 Å². The summed E-state index contributed by atoms with van der Waals surface area (Å²) in [7, 11) is 0. The molecule has 0 aromatic heterocycles. The van der Waals surface area contributed by atoms with Gasteiger partial charge in [-0.25, -0.2) is 0 Å². The standard InChI is InChI=1S/C42H64O12/c1-4-42(3,37(44)27-7-9-28(10-8-27)38(45)46)54-35-23-21-34(22-24-35)53-40(49)30-13-5-26(6-14-30)36(43)25(2)51-32-17-19-33(20-18-32)52-41(50)31-15-11-29(12-16-31)39(47)48/h25-35H,4-24H2,1-3H3,(H,45,46)(H,47,48). The molecule has 304 valence electrons. The lowest BCUT2D eigenvalue weighted by Gasteiger charge is -2.38. The van der Waals surface area contributed by atoms with Crippen molar-refractivity contribution >= 4 is 35.4 Å². The maximum Gasteiger partial charge on any atom is 0.309 e. The average molecular weight is 761 g/mol. The Morgan fingerprint density at radius 1 is 0.519 bits per heavy atom. The fourth-order valence-electron chi connectivity index (χ4n) is 9.67. The number of hydrogen-bond acceptors (Lipinski definition) is 10. The Kier molecular flexibility index (Phi) is 15.1. The smallest absolute Gasteiger partial charge is 0.309 e. The number of carbonyl (C=O) groups is 6. The van der Waals surface area contributed by atoms with Crippen LogP contribution in [0.3, 0.4) is 0 Å². The molecule has 54 heavy (non-hydrogen) atoms. The fraction of sp³-hybridized carbons (Fsp3) is 0.857. The van der Waals surface area contributed by atoms with Gasteiger partial charge in [-0.05, 0) is 149 Å². The molecule has 0 aromatic carbocycles. The summed E-state index contributed by atoms with van der Waals surface area (Å²) < 4.78 is 24.4. The van der Waals surface area contributed by atoms with Crippen molar-refractivity contribution in [1.29, 1.82) is 0 Å². The highest BCUT2D eigenvalue weighted by molar-refractivity contribution is 5.89. The Hall–Kier alpha value is -2.86. The molecule has 0 aromatic rings. The van der Waals surface area contributed by atoms with Crippen molar-refractivity contribution < 1.29 is 57.9 Å². The molecule has 0 bridgehead atoms. The number of hydrogen-bond donors (Lipinski definition) is 2. The van der Waals surface area contributed by atoms with E-state index in [0.29, 0.717) is 135 Å². The van der Waals surface area contributed by atoms with Crippen molar-refractivity contribution in [3.63, 3.8) is 0 Å². The number of ether oxygens (including phenoxy) is 4. The SMILES string of the molecule is CCC(C)(OC1CCC(OC(=O)C2CCC(C(=O)C(C)OC3CCC(OC(=O)C4CCC(C(=O)O)CC4)CC3)CC2)CC1)C(=O)C1CCC(C(=O)O)CC1. The van der Waals surface area contributed by atoms with Crippen LogP contribution >= 0.6 is 0 Å². The summed E-state index contributed by atoms with van der Waals surface area (Å²) in [6.07, 6.45) is 11.9. The van der Waals surface area contributed by atoms with Gasteiger partial charge in [-0.2, -0.15) is 0 Å².